The molecule has 2 aliphatic rings. The molecule has 0 aromatic heterocycles. The smallest absolute Gasteiger partial charge is 0.238 e. The number of nitrogens with zero attached hydrogens (tertiary/aromatic N) is 2. The number of hydrogen-bond acceptors (Lipinski definition) is 3. The second-order valence-electron chi connectivity index (χ2n) is 6.24. The predicted octanol–water partition coefficient (Wildman–Crippen LogP) is 2.11. The van der Waals surface area contributed by atoms with Crippen LogP contribution in [0.1, 0.15) is 25.1 Å². The summed E-state index contributed by atoms with van der Waals surface area (Å²) in [6.07, 6.45) is 0.981. The van der Waals surface area contributed by atoms with Crippen molar-refractivity contribution >= 4 is 17.5 Å². The number of carbonyl (C=O) groups excluding carboxylic acids is 1. The molecule has 2 aliphatic heterocycles. The molecule has 1 aromatic carbocycles. The largest absolute Gasteiger partial charge is 0.318 e. The highest BCUT2D eigenvalue weighted by atomic mass is 35.5. The molecule has 21 heavy (non-hydrogen) atoms. The molecule has 3 atom stereocenters. The van der Waals surface area contributed by atoms with E-state index in [1.54, 1.807) is 0 Å². The van der Waals surface area contributed by atoms with Gasteiger partial charge in [-0.1, -0.05) is 30.7 Å². The van der Waals surface area contributed by atoms with Crippen molar-refractivity contribution in [3.05, 3.63) is 34.9 Å². The van der Waals surface area contributed by atoms with Crippen LogP contribution in [-0.4, -0.2) is 48.4 Å². The molecule has 2 fully saturated rings. The van der Waals surface area contributed by atoms with E-state index >= 15 is 0 Å². The topological polar surface area (TPSA) is 35.6 Å². The zero-order valence-electron chi connectivity index (χ0n) is 12.6. The number of amides is 1. The third-order valence-electron chi connectivity index (χ3n) is 4.60. The number of hydrogen-bond donors (Lipinski definition) is 1. The van der Waals surface area contributed by atoms with Crippen LogP contribution in [0.2, 0.25) is 5.02 Å². The minimum absolute atomic E-state index is 0.0490. The quantitative estimate of drug-likeness (QED) is 0.909. The highest BCUT2D eigenvalue weighted by molar-refractivity contribution is 6.30. The zero-order valence-corrected chi connectivity index (χ0v) is 13.3. The Morgan fingerprint density at radius 1 is 1.38 bits per heavy atom. The molecule has 3 unspecified atom stereocenters. The Kier molecular flexibility index (Phi) is 4.20. The van der Waals surface area contributed by atoms with Crippen molar-refractivity contribution in [1.82, 2.24) is 15.1 Å². The molecule has 3 rings (SSSR count). The lowest BCUT2D eigenvalue weighted by Gasteiger charge is -2.42. The van der Waals surface area contributed by atoms with Crippen molar-refractivity contribution in [2.45, 2.75) is 25.6 Å². The fraction of sp³-hybridized carbons (Fsp3) is 0.562. The van der Waals surface area contributed by atoms with Gasteiger partial charge in [-0.05, 0) is 43.6 Å². The number of nitrogens with one attached hydrogen (secondary N) is 1. The molecule has 0 bridgehead atoms. The van der Waals surface area contributed by atoms with Crippen LogP contribution >= 0.6 is 11.6 Å². The minimum atomic E-state index is -0.0490. The average molecular weight is 308 g/mol. The number of piperidine rings is 1. The standard InChI is InChI=1S/C16H22ClN3O/c1-11-10-19(2)7-6-14(11)20-15(21)9-18-16(20)12-4-3-5-13(17)8-12/h3-5,8,11,14,16,18H,6-7,9-10H2,1-2H3. The summed E-state index contributed by atoms with van der Waals surface area (Å²) in [5.41, 5.74) is 1.07. The third-order valence-corrected chi connectivity index (χ3v) is 4.83. The van der Waals surface area contributed by atoms with Gasteiger partial charge in [-0.25, -0.2) is 0 Å². The van der Waals surface area contributed by atoms with Gasteiger partial charge in [-0.15, -0.1) is 0 Å². The Balaban J connectivity index is 1.86. The van der Waals surface area contributed by atoms with Crippen molar-refractivity contribution in [1.29, 1.82) is 0 Å². The van der Waals surface area contributed by atoms with Crippen molar-refractivity contribution in [3.63, 3.8) is 0 Å². The number of rotatable bonds is 2. The SMILES string of the molecule is CC1CN(C)CCC1N1C(=O)CNC1c1cccc(Cl)c1. The zero-order chi connectivity index (χ0) is 15.0. The fourth-order valence-electron chi connectivity index (χ4n) is 3.60. The summed E-state index contributed by atoms with van der Waals surface area (Å²) in [6.45, 7) is 4.73. The Bertz CT molecular complexity index is 536. The lowest BCUT2D eigenvalue weighted by Crippen LogP contribution is -2.50. The second-order valence-corrected chi connectivity index (χ2v) is 6.67. The second kappa shape index (κ2) is 5.95. The van der Waals surface area contributed by atoms with E-state index in [2.05, 4.69) is 24.2 Å². The molecule has 1 N–H and O–H groups in total. The third kappa shape index (κ3) is 2.93. The molecule has 4 nitrogen and oxygen atoms in total. The number of benzene rings is 1. The summed E-state index contributed by atoms with van der Waals surface area (Å²) in [4.78, 5) is 16.8. The first kappa shape index (κ1) is 14.8. The van der Waals surface area contributed by atoms with Crippen LogP contribution in [0.4, 0.5) is 0 Å². The Hall–Kier alpha value is -1.10. The summed E-state index contributed by atoms with van der Waals surface area (Å²) in [5, 5.41) is 4.05. The highest BCUT2D eigenvalue weighted by Gasteiger charge is 2.40. The van der Waals surface area contributed by atoms with Crippen LogP contribution in [-0.2, 0) is 4.79 Å². The van der Waals surface area contributed by atoms with Crippen LogP contribution in [0.3, 0.4) is 0 Å². The molecule has 5 heteroatoms. The number of likely N-dealkylation sites (tertiary alicyclic amines) is 1. The highest BCUT2D eigenvalue weighted by Crippen LogP contribution is 2.32. The molecule has 0 spiro atoms. The van der Waals surface area contributed by atoms with Gasteiger partial charge in [-0.2, -0.15) is 0 Å². The molecule has 0 saturated carbocycles. The van der Waals surface area contributed by atoms with E-state index in [-0.39, 0.29) is 12.1 Å². The maximum Gasteiger partial charge on any atom is 0.238 e. The van der Waals surface area contributed by atoms with E-state index in [0.717, 1.165) is 25.1 Å². The molecule has 0 aliphatic carbocycles. The predicted molar refractivity (Wildman–Crippen MR) is 84.1 cm³/mol. The first-order valence-electron chi connectivity index (χ1n) is 7.55. The monoisotopic (exact) mass is 307 g/mol. The summed E-state index contributed by atoms with van der Waals surface area (Å²) >= 11 is 6.10. The van der Waals surface area contributed by atoms with E-state index in [9.17, 15) is 4.79 Å². The number of carbonyl (C=O) groups is 1. The van der Waals surface area contributed by atoms with Gasteiger partial charge >= 0.3 is 0 Å². The van der Waals surface area contributed by atoms with Crippen LogP contribution in [0.5, 0.6) is 0 Å². The lowest BCUT2D eigenvalue weighted by molar-refractivity contribution is -0.132. The van der Waals surface area contributed by atoms with Crippen molar-refractivity contribution in [2.24, 2.45) is 5.92 Å². The van der Waals surface area contributed by atoms with Crippen LogP contribution in [0, 0.1) is 5.92 Å². The van der Waals surface area contributed by atoms with Crippen LogP contribution in [0.25, 0.3) is 0 Å². The van der Waals surface area contributed by atoms with E-state index in [4.69, 9.17) is 11.6 Å². The van der Waals surface area contributed by atoms with Gasteiger partial charge < -0.3 is 9.80 Å². The van der Waals surface area contributed by atoms with Crippen molar-refractivity contribution in [3.8, 4) is 0 Å². The van der Waals surface area contributed by atoms with Gasteiger partial charge in [0.1, 0.15) is 6.17 Å². The van der Waals surface area contributed by atoms with Gasteiger partial charge in [0, 0.05) is 17.6 Å². The molecule has 1 amide bonds. The molecule has 2 heterocycles. The first-order valence-corrected chi connectivity index (χ1v) is 7.92. The van der Waals surface area contributed by atoms with Crippen molar-refractivity contribution in [2.75, 3.05) is 26.7 Å². The van der Waals surface area contributed by atoms with Crippen molar-refractivity contribution < 1.29 is 4.79 Å². The lowest BCUT2D eigenvalue weighted by atomic mass is 9.92. The number of halogens is 1. The molecular weight excluding hydrogens is 286 g/mol. The summed E-state index contributed by atoms with van der Waals surface area (Å²) < 4.78 is 0. The maximum atomic E-state index is 12.4. The fourth-order valence-corrected chi connectivity index (χ4v) is 3.80. The Morgan fingerprint density at radius 2 is 2.19 bits per heavy atom. The van der Waals surface area contributed by atoms with Crippen LogP contribution < -0.4 is 5.32 Å². The molecule has 114 valence electrons. The van der Waals surface area contributed by atoms with Crippen LogP contribution in [0.15, 0.2) is 24.3 Å². The van der Waals surface area contributed by atoms with Gasteiger partial charge in [0.05, 0.1) is 6.54 Å². The van der Waals surface area contributed by atoms with E-state index in [0.29, 0.717) is 23.5 Å². The Labute approximate surface area is 131 Å². The van der Waals surface area contributed by atoms with E-state index in [1.165, 1.54) is 0 Å². The molecule has 1 aromatic rings. The van der Waals surface area contributed by atoms with Gasteiger partial charge in [0.25, 0.3) is 0 Å². The summed E-state index contributed by atoms with van der Waals surface area (Å²) in [7, 11) is 2.14. The van der Waals surface area contributed by atoms with E-state index < -0.39 is 0 Å². The molecule has 2 saturated heterocycles. The van der Waals surface area contributed by atoms with Gasteiger partial charge in [-0.3, -0.25) is 10.1 Å². The average Bonchev–Trinajstić information content (AvgIpc) is 2.81. The first-order chi connectivity index (χ1) is 10.1. The summed E-state index contributed by atoms with van der Waals surface area (Å²) in [6, 6.07) is 8.09. The van der Waals surface area contributed by atoms with Gasteiger partial charge in [0.2, 0.25) is 5.91 Å². The molecular formula is C16H22ClN3O. The Morgan fingerprint density at radius 3 is 2.90 bits per heavy atom. The van der Waals surface area contributed by atoms with E-state index in [1.807, 2.05) is 29.2 Å². The van der Waals surface area contributed by atoms with Gasteiger partial charge in [0.15, 0.2) is 0 Å². The molecule has 0 radical (unpaired) electrons. The normalized spacial score (nSPS) is 30.9. The summed E-state index contributed by atoms with van der Waals surface area (Å²) in [5.74, 6) is 0.677. The minimum Gasteiger partial charge on any atom is -0.318 e. The maximum absolute atomic E-state index is 12.4.